The number of rotatable bonds is 3. The van der Waals surface area contributed by atoms with E-state index in [-0.39, 0.29) is 29.6 Å². The van der Waals surface area contributed by atoms with Gasteiger partial charge < -0.3 is 19.9 Å². The van der Waals surface area contributed by atoms with Gasteiger partial charge in [0.2, 0.25) is 0 Å². The van der Waals surface area contributed by atoms with Gasteiger partial charge >= 0.3 is 29.6 Å². The summed E-state index contributed by atoms with van der Waals surface area (Å²) < 4.78 is 0. The third-order valence-electron chi connectivity index (χ3n) is 2.34. The molecule has 1 aromatic carbocycles. The number of carboxylic acids is 1. The summed E-state index contributed by atoms with van der Waals surface area (Å²) in [7, 11) is 3.76. The largest absolute Gasteiger partial charge is 1.00 e. The van der Waals surface area contributed by atoms with Crippen molar-refractivity contribution in [3.05, 3.63) is 29.8 Å². The summed E-state index contributed by atoms with van der Waals surface area (Å²) in [6.45, 7) is 1.20. The minimum atomic E-state index is -1.94. The molecule has 0 saturated carbocycles. The molecule has 0 aliphatic rings. The minimum Gasteiger partial charge on any atom is -0.547 e. The maximum Gasteiger partial charge on any atom is 1.00 e. The number of benzene rings is 1. The number of nitrogens with zero attached hydrogens (tertiary/aromatic N) is 1. The van der Waals surface area contributed by atoms with Gasteiger partial charge in [0.15, 0.2) is 0 Å². The van der Waals surface area contributed by atoms with Crippen LogP contribution < -0.4 is 39.6 Å². The number of hydrogen-bond acceptors (Lipinski definition) is 4. The minimum absolute atomic E-state index is 0. The smallest absolute Gasteiger partial charge is 0.547 e. The molecule has 1 rings (SSSR count). The number of anilines is 1. The Kier molecular flexibility index (Phi) is 5.49. The Balaban J connectivity index is 0.00000225. The van der Waals surface area contributed by atoms with E-state index in [1.165, 1.54) is 6.92 Å². The van der Waals surface area contributed by atoms with E-state index in [0.29, 0.717) is 5.56 Å². The second kappa shape index (κ2) is 5.68. The first kappa shape index (κ1) is 15.4. The molecule has 0 aromatic heterocycles. The first-order valence-electron chi connectivity index (χ1n) is 4.57. The monoisotopic (exact) mass is 231 g/mol. The molecule has 0 spiro atoms. The standard InChI is InChI=1S/C11H15NO3.Na/c1-11(15,10(13)14)8-4-6-9(7-5-8)12(2)3;/h4-7,15H,1-3H3,(H,13,14);/q;+1/p-1. The van der Waals surface area contributed by atoms with Crippen molar-refractivity contribution in [1.82, 2.24) is 0 Å². The second-order valence-electron chi connectivity index (χ2n) is 3.80. The summed E-state index contributed by atoms with van der Waals surface area (Å²) in [5.74, 6) is -1.50. The molecule has 1 aromatic rings. The fourth-order valence-electron chi connectivity index (χ4n) is 1.20. The number of carboxylic acid groups (broad SMARTS) is 1. The number of carbonyl (C=O) groups excluding carboxylic acids is 1. The molecule has 1 atom stereocenters. The van der Waals surface area contributed by atoms with E-state index in [0.717, 1.165) is 5.69 Å². The van der Waals surface area contributed by atoms with Crippen LogP contribution in [0.2, 0.25) is 0 Å². The Hall–Kier alpha value is -0.550. The third-order valence-corrected chi connectivity index (χ3v) is 2.34. The molecular weight excluding hydrogens is 217 g/mol. The van der Waals surface area contributed by atoms with Crippen molar-refractivity contribution in [2.24, 2.45) is 0 Å². The van der Waals surface area contributed by atoms with Gasteiger partial charge in [0.1, 0.15) is 5.60 Å². The average Bonchev–Trinajstić information content (AvgIpc) is 2.17. The van der Waals surface area contributed by atoms with Gasteiger partial charge in [-0.25, -0.2) is 0 Å². The first-order valence-corrected chi connectivity index (χ1v) is 4.57. The quantitative estimate of drug-likeness (QED) is 0.554. The van der Waals surface area contributed by atoms with Crippen molar-refractivity contribution in [2.75, 3.05) is 19.0 Å². The predicted molar refractivity (Wildman–Crippen MR) is 55.3 cm³/mol. The van der Waals surface area contributed by atoms with Gasteiger partial charge in [-0.1, -0.05) is 12.1 Å². The number of carbonyl (C=O) groups is 1. The molecule has 0 saturated heterocycles. The van der Waals surface area contributed by atoms with Crippen molar-refractivity contribution >= 4 is 11.7 Å². The van der Waals surface area contributed by atoms with Crippen LogP contribution in [0.4, 0.5) is 5.69 Å². The average molecular weight is 231 g/mol. The Morgan fingerprint density at radius 2 is 1.75 bits per heavy atom. The molecule has 0 heterocycles. The zero-order valence-corrected chi connectivity index (χ0v) is 12.0. The van der Waals surface area contributed by atoms with Crippen LogP contribution in [0.25, 0.3) is 0 Å². The van der Waals surface area contributed by atoms with E-state index in [1.54, 1.807) is 24.3 Å². The first-order chi connectivity index (χ1) is 6.85. The molecule has 16 heavy (non-hydrogen) atoms. The van der Waals surface area contributed by atoms with Crippen molar-refractivity contribution in [2.45, 2.75) is 12.5 Å². The van der Waals surface area contributed by atoms with E-state index in [9.17, 15) is 15.0 Å². The maximum atomic E-state index is 10.7. The van der Waals surface area contributed by atoms with Gasteiger partial charge in [-0.15, -0.1) is 0 Å². The zero-order valence-electron chi connectivity index (χ0n) is 10.0. The Labute approximate surface area is 117 Å². The fourth-order valence-corrected chi connectivity index (χ4v) is 1.20. The summed E-state index contributed by atoms with van der Waals surface area (Å²) in [4.78, 5) is 12.6. The van der Waals surface area contributed by atoms with Crippen LogP contribution in [-0.4, -0.2) is 25.2 Å². The molecule has 0 amide bonds. The zero-order chi connectivity index (χ0) is 11.6. The Morgan fingerprint density at radius 3 is 2.06 bits per heavy atom. The van der Waals surface area contributed by atoms with E-state index in [4.69, 9.17) is 0 Å². The molecule has 82 valence electrons. The van der Waals surface area contributed by atoms with Crippen molar-refractivity contribution in [3.63, 3.8) is 0 Å². The van der Waals surface area contributed by atoms with Gasteiger partial charge in [-0.2, -0.15) is 0 Å². The summed E-state index contributed by atoms with van der Waals surface area (Å²) in [5.41, 5.74) is -0.689. The molecule has 1 N–H and O–H groups in total. The van der Waals surface area contributed by atoms with Crippen LogP contribution in [0.3, 0.4) is 0 Å². The molecule has 0 bridgehead atoms. The van der Waals surface area contributed by atoms with E-state index >= 15 is 0 Å². The second-order valence-corrected chi connectivity index (χ2v) is 3.80. The molecule has 5 heteroatoms. The summed E-state index contributed by atoms with van der Waals surface area (Å²) in [6, 6.07) is 6.63. The summed E-state index contributed by atoms with van der Waals surface area (Å²) >= 11 is 0. The van der Waals surface area contributed by atoms with Crippen LogP contribution in [0, 0.1) is 0 Å². The van der Waals surface area contributed by atoms with Crippen LogP contribution in [0.1, 0.15) is 12.5 Å². The molecule has 0 aliphatic heterocycles. The van der Waals surface area contributed by atoms with Gasteiger partial charge in [0, 0.05) is 19.8 Å². The molecule has 0 radical (unpaired) electrons. The van der Waals surface area contributed by atoms with Gasteiger partial charge in [0.05, 0.1) is 5.97 Å². The van der Waals surface area contributed by atoms with Crippen molar-refractivity contribution in [1.29, 1.82) is 0 Å². The summed E-state index contributed by atoms with van der Waals surface area (Å²) in [6.07, 6.45) is 0. The molecular formula is C11H14NNaO3. The number of aliphatic hydroxyl groups is 1. The number of aliphatic carboxylic acids is 1. The van der Waals surface area contributed by atoms with Crippen LogP contribution >= 0.6 is 0 Å². The Bertz CT molecular complexity index is 360. The number of hydrogen-bond donors (Lipinski definition) is 1. The van der Waals surface area contributed by atoms with Gasteiger partial charge in [-0.3, -0.25) is 0 Å². The third kappa shape index (κ3) is 3.22. The van der Waals surface area contributed by atoms with Gasteiger partial charge in [-0.05, 0) is 24.6 Å². The van der Waals surface area contributed by atoms with Crippen molar-refractivity contribution < 1.29 is 44.6 Å². The van der Waals surface area contributed by atoms with E-state index in [2.05, 4.69) is 0 Å². The summed E-state index contributed by atoms with van der Waals surface area (Å²) in [5, 5.41) is 20.3. The Morgan fingerprint density at radius 1 is 1.31 bits per heavy atom. The molecule has 1 unspecified atom stereocenters. The van der Waals surface area contributed by atoms with Gasteiger partial charge in [0.25, 0.3) is 0 Å². The van der Waals surface area contributed by atoms with Crippen molar-refractivity contribution in [3.8, 4) is 0 Å². The van der Waals surface area contributed by atoms with Crippen LogP contribution in [-0.2, 0) is 10.4 Å². The SMILES string of the molecule is CN(C)c1ccc(C(C)(O)C(=O)[O-])cc1.[Na+]. The molecule has 4 nitrogen and oxygen atoms in total. The van der Waals surface area contributed by atoms with E-state index in [1.807, 2.05) is 19.0 Å². The fraction of sp³-hybridized carbons (Fsp3) is 0.364. The maximum absolute atomic E-state index is 10.7. The topological polar surface area (TPSA) is 63.6 Å². The van der Waals surface area contributed by atoms with Crippen LogP contribution in [0.15, 0.2) is 24.3 Å². The van der Waals surface area contributed by atoms with E-state index < -0.39 is 11.6 Å². The molecule has 0 aliphatic carbocycles. The predicted octanol–water partition coefficient (Wildman–Crippen LogP) is -3.29. The molecule has 0 fully saturated rings. The normalized spacial score (nSPS) is 13.5. The van der Waals surface area contributed by atoms with Crippen LogP contribution in [0.5, 0.6) is 0 Å².